The Bertz CT molecular complexity index is 359. The quantitative estimate of drug-likeness (QED) is 0.657. The molecule has 2 unspecified atom stereocenters. The number of aliphatic hydroxyl groups is 2. The van der Waals surface area contributed by atoms with Gasteiger partial charge in [-0.3, -0.25) is 0 Å². The van der Waals surface area contributed by atoms with Crippen LogP contribution in [-0.2, 0) is 0 Å². The summed E-state index contributed by atoms with van der Waals surface area (Å²) in [5.74, 6) is -3.76. The van der Waals surface area contributed by atoms with Gasteiger partial charge in [-0.05, 0) is 6.07 Å². The topological polar surface area (TPSA) is 40.5 Å². The lowest BCUT2D eigenvalue weighted by atomic mass is 10.0. The third-order valence-corrected chi connectivity index (χ3v) is 2.53. The van der Waals surface area contributed by atoms with Crippen LogP contribution >= 0.6 is 15.9 Å². The van der Waals surface area contributed by atoms with Crippen LogP contribution in [0.15, 0.2) is 12.1 Å². The van der Waals surface area contributed by atoms with Crippen LogP contribution in [0.5, 0.6) is 0 Å². The van der Waals surface area contributed by atoms with Gasteiger partial charge in [0.05, 0.1) is 6.10 Å². The highest BCUT2D eigenvalue weighted by molar-refractivity contribution is 9.09. The number of halogens is 4. The molecule has 2 atom stereocenters. The number of benzene rings is 1. The van der Waals surface area contributed by atoms with Crippen LogP contribution < -0.4 is 0 Å². The number of hydrogen-bond donors (Lipinski definition) is 2. The summed E-state index contributed by atoms with van der Waals surface area (Å²) in [6, 6.07) is 1.01. The molecule has 0 spiro atoms. The molecule has 0 fully saturated rings. The van der Waals surface area contributed by atoms with E-state index >= 15 is 0 Å². The van der Waals surface area contributed by atoms with Gasteiger partial charge in [-0.25, -0.2) is 13.2 Å². The summed E-state index contributed by atoms with van der Waals surface area (Å²) in [6.45, 7) is 0. The lowest BCUT2D eigenvalue weighted by Crippen LogP contribution is -2.21. The summed E-state index contributed by atoms with van der Waals surface area (Å²) in [7, 11) is 0. The van der Waals surface area contributed by atoms with Crippen molar-refractivity contribution in [2.75, 3.05) is 5.33 Å². The first-order chi connectivity index (χ1) is 6.97. The summed E-state index contributed by atoms with van der Waals surface area (Å²) in [5, 5.41) is 18.5. The Morgan fingerprint density at radius 2 is 1.80 bits per heavy atom. The summed E-state index contributed by atoms with van der Waals surface area (Å²) in [5.41, 5.74) is -0.598. The van der Waals surface area contributed by atoms with Crippen molar-refractivity contribution in [1.29, 1.82) is 0 Å². The van der Waals surface area contributed by atoms with Crippen molar-refractivity contribution in [3.63, 3.8) is 0 Å². The molecule has 0 heterocycles. The predicted octanol–water partition coefficient (Wildman–Crippen LogP) is 1.89. The number of alkyl halides is 1. The predicted molar refractivity (Wildman–Crippen MR) is 51.1 cm³/mol. The minimum absolute atomic E-state index is 0.0360. The Balaban J connectivity index is 3.13. The van der Waals surface area contributed by atoms with E-state index in [0.29, 0.717) is 12.1 Å². The smallest absolute Gasteiger partial charge is 0.164 e. The van der Waals surface area contributed by atoms with E-state index in [0.717, 1.165) is 0 Å². The van der Waals surface area contributed by atoms with Gasteiger partial charge in [0.15, 0.2) is 11.6 Å². The first-order valence-electron chi connectivity index (χ1n) is 4.04. The second kappa shape index (κ2) is 4.96. The monoisotopic (exact) mass is 284 g/mol. The van der Waals surface area contributed by atoms with Gasteiger partial charge in [0, 0.05) is 17.0 Å². The van der Waals surface area contributed by atoms with E-state index in [4.69, 9.17) is 0 Å². The summed E-state index contributed by atoms with van der Waals surface area (Å²) in [6.07, 6.45) is -3.00. The van der Waals surface area contributed by atoms with Crippen LogP contribution in [0.2, 0.25) is 0 Å². The second-order valence-corrected chi connectivity index (χ2v) is 3.60. The highest BCUT2D eigenvalue weighted by Crippen LogP contribution is 2.24. The van der Waals surface area contributed by atoms with E-state index in [1.54, 1.807) is 0 Å². The number of aliphatic hydroxyl groups excluding tert-OH is 2. The van der Waals surface area contributed by atoms with Crippen LogP contribution in [0.4, 0.5) is 13.2 Å². The second-order valence-electron chi connectivity index (χ2n) is 2.96. The Morgan fingerprint density at radius 3 is 2.33 bits per heavy atom. The number of rotatable bonds is 3. The first-order valence-corrected chi connectivity index (χ1v) is 5.16. The van der Waals surface area contributed by atoms with Crippen molar-refractivity contribution >= 4 is 15.9 Å². The summed E-state index contributed by atoms with van der Waals surface area (Å²) in [4.78, 5) is 0. The standard InChI is InChI=1S/C9H8BrF3O2/c10-3-7(14)9(15)5-1-4(11)2-6(12)8(5)13/h1-2,7,9,14-15H,3H2. The molecule has 0 aliphatic rings. The third kappa shape index (κ3) is 2.70. The molecule has 1 aromatic rings. The SMILES string of the molecule is OC(CBr)C(O)c1cc(F)cc(F)c1F. The van der Waals surface area contributed by atoms with E-state index in [1.165, 1.54) is 0 Å². The molecule has 0 saturated heterocycles. The van der Waals surface area contributed by atoms with E-state index < -0.39 is 35.2 Å². The van der Waals surface area contributed by atoms with Gasteiger partial charge in [0.25, 0.3) is 0 Å². The highest BCUT2D eigenvalue weighted by atomic mass is 79.9. The zero-order valence-corrected chi connectivity index (χ0v) is 9.01. The average Bonchev–Trinajstić information content (AvgIpc) is 2.21. The van der Waals surface area contributed by atoms with Crippen molar-refractivity contribution in [2.45, 2.75) is 12.2 Å². The van der Waals surface area contributed by atoms with Gasteiger partial charge >= 0.3 is 0 Å². The molecule has 0 aliphatic heterocycles. The van der Waals surface area contributed by atoms with Gasteiger partial charge in [0.1, 0.15) is 11.9 Å². The fourth-order valence-electron chi connectivity index (χ4n) is 1.08. The zero-order valence-electron chi connectivity index (χ0n) is 7.42. The molecule has 0 aromatic heterocycles. The summed E-state index contributed by atoms with van der Waals surface area (Å²) < 4.78 is 38.6. The molecule has 1 aromatic carbocycles. The van der Waals surface area contributed by atoms with Crippen LogP contribution in [0.3, 0.4) is 0 Å². The maximum absolute atomic E-state index is 13.1. The minimum Gasteiger partial charge on any atom is -0.389 e. The average molecular weight is 285 g/mol. The molecule has 15 heavy (non-hydrogen) atoms. The lowest BCUT2D eigenvalue weighted by Gasteiger charge is -2.16. The van der Waals surface area contributed by atoms with Crippen molar-refractivity contribution in [3.05, 3.63) is 35.1 Å². The maximum Gasteiger partial charge on any atom is 0.164 e. The van der Waals surface area contributed by atoms with Gasteiger partial charge < -0.3 is 10.2 Å². The molecule has 0 bridgehead atoms. The van der Waals surface area contributed by atoms with Crippen molar-refractivity contribution in [3.8, 4) is 0 Å². The van der Waals surface area contributed by atoms with Gasteiger partial charge in [-0.2, -0.15) is 0 Å². The molecular weight excluding hydrogens is 277 g/mol. The molecular formula is C9H8BrF3O2. The zero-order chi connectivity index (χ0) is 11.6. The van der Waals surface area contributed by atoms with Crippen LogP contribution in [0, 0.1) is 17.5 Å². The van der Waals surface area contributed by atoms with Crippen LogP contribution in [0.1, 0.15) is 11.7 Å². The van der Waals surface area contributed by atoms with E-state index in [2.05, 4.69) is 15.9 Å². The Morgan fingerprint density at radius 1 is 1.20 bits per heavy atom. The molecule has 84 valence electrons. The third-order valence-electron chi connectivity index (χ3n) is 1.86. The lowest BCUT2D eigenvalue weighted by molar-refractivity contribution is 0.0313. The first kappa shape index (κ1) is 12.5. The Kier molecular flexibility index (Phi) is 4.12. The molecule has 0 aliphatic carbocycles. The number of hydrogen-bond acceptors (Lipinski definition) is 2. The van der Waals surface area contributed by atoms with Crippen molar-refractivity contribution in [2.24, 2.45) is 0 Å². The fourth-order valence-corrected chi connectivity index (χ4v) is 1.44. The maximum atomic E-state index is 13.1. The molecule has 2 N–H and O–H groups in total. The van der Waals surface area contributed by atoms with Crippen molar-refractivity contribution < 1.29 is 23.4 Å². The van der Waals surface area contributed by atoms with E-state index in [-0.39, 0.29) is 5.33 Å². The van der Waals surface area contributed by atoms with Crippen LogP contribution in [-0.4, -0.2) is 21.6 Å². The molecule has 0 saturated carbocycles. The van der Waals surface area contributed by atoms with Crippen LogP contribution in [0.25, 0.3) is 0 Å². The van der Waals surface area contributed by atoms with Crippen molar-refractivity contribution in [1.82, 2.24) is 0 Å². The minimum atomic E-state index is -1.67. The van der Waals surface area contributed by atoms with E-state index in [9.17, 15) is 23.4 Å². The largest absolute Gasteiger partial charge is 0.389 e. The molecule has 2 nitrogen and oxygen atoms in total. The molecule has 0 radical (unpaired) electrons. The molecule has 6 heteroatoms. The molecule has 0 amide bonds. The Labute approximate surface area is 92.5 Å². The highest BCUT2D eigenvalue weighted by Gasteiger charge is 2.23. The van der Waals surface area contributed by atoms with Gasteiger partial charge in [0.2, 0.25) is 0 Å². The fraction of sp³-hybridized carbons (Fsp3) is 0.333. The molecule has 1 rings (SSSR count). The van der Waals surface area contributed by atoms with Gasteiger partial charge in [-0.15, -0.1) is 0 Å². The van der Waals surface area contributed by atoms with E-state index in [1.807, 2.05) is 0 Å². The normalized spacial score (nSPS) is 15.1. The summed E-state index contributed by atoms with van der Waals surface area (Å²) >= 11 is 2.85. The Hall–Kier alpha value is -0.590. The van der Waals surface area contributed by atoms with Gasteiger partial charge in [-0.1, -0.05) is 15.9 Å².